The summed E-state index contributed by atoms with van der Waals surface area (Å²) in [6, 6.07) is 23.4. The molecule has 0 heterocycles. The molecule has 0 bridgehead atoms. The highest BCUT2D eigenvalue weighted by Crippen LogP contribution is 2.17. The van der Waals surface area contributed by atoms with Crippen LogP contribution in [0.1, 0.15) is 21.5 Å². The highest BCUT2D eigenvalue weighted by atomic mass is 16.5. The second kappa shape index (κ2) is 8.12. The van der Waals surface area contributed by atoms with Gasteiger partial charge >= 0.3 is 0 Å². The van der Waals surface area contributed by atoms with Crippen LogP contribution in [-0.4, -0.2) is 18.3 Å². The third-order valence-electron chi connectivity index (χ3n) is 3.90. The van der Waals surface area contributed by atoms with Crippen molar-refractivity contribution in [3.63, 3.8) is 0 Å². The molecule has 0 unspecified atom stereocenters. The first-order valence-corrected chi connectivity index (χ1v) is 8.31. The Kier molecular flexibility index (Phi) is 5.44. The van der Waals surface area contributed by atoms with Crippen molar-refractivity contribution in [2.75, 3.05) is 11.9 Å². The van der Waals surface area contributed by atoms with Gasteiger partial charge in [0.15, 0.2) is 12.4 Å². The summed E-state index contributed by atoms with van der Waals surface area (Å²) in [5.74, 6) is 0.311. The van der Waals surface area contributed by atoms with Crippen molar-refractivity contribution in [3.8, 4) is 5.75 Å². The molecular weight excluding hydrogens is 326 g/mol. The monoisotopic (exact) mass is 345 g/mol. The van der Waals surface area contributed by atoms with Gasteiger partial charge in [-0.1, -0.05) is 60.7 Å². The van der Waals surface area contributed by atoms with E-state index in [0.717, 1.165) is 5.56 Å². The zero-order chi connectivity index (χ0) is 18.4. The Morgan fingerprint density at radius 3 is 2.31 bits per heavy atom. The van der Waals surface area contributed by atoms with Crippen molar-refractivity contribution < 1.29 is 14.3 Å². The smallest absolute Gasteiger partial charge is 0.262 e. The summed E-state index contributed by atoms with van der Waals surface area (Å²) in [6.45, 7) is 1.83. The van der Waals surface area contributed by atoms with Crippen LogP contribution >= 0.6 is 0 Å². The highest BCUT2D eigenvalue weighted by Gasteiger charge is 2.10. The van der Waals surface area contributed by atoms with Crippen LogP contribution in [0.4, 0.5) is 5.69 Å². The molecule has 3 aromatic carbocycles. The van der Waals surface area contributed by atoms with Gasteiger partial charge in [-0.25, -0.2) is 0 Å². The van der Waals surface area contributed by atoms with E-state index in [0.29, 0.717) is 22.6 Å². The standard InChI is InChI=1S/C22H19NO3/c1-16-8-5-6-13-20(16)26-15-21(24)23-19-12-7-11-18(14-19)22(25)17-9-3-2-4-10-17/h2-14H,15H2,1H3,(H,23,24). The Balaban J connectivity index is 1.64. The van der Waals surface area contributed by atoms with Crippen LogP contribution in [-0.2, 0) is 4.79 Å². The van der Waals surface area contributed by atoms with Gasteiger partial charge in [0.2, 0.25) is 0 Å². The molecule has 3 rings (SSSR count). The Labute approximate surface area is 152 Å². The second-order valence-corrected chi connectivity index (χ2v) is 5.88. The summed E-state index contributed by atoms with van der Waals surface area (Å²) in [5.41, 5.74) is 2.66. The van der Waals surface area contributed by atoms with E-state index in [1.54, 1.807) is 36.4 Å². The van der Waals surface area contributed by atoms with E-state index in [2.05, 4.69) is 5.32 Å². The Hall–Kier alpha value is -3.40. The lowest BCUT2D eigenvalue weighted by molar-refractivity contribution is -0.118. The quantitative estimate of drug-likeness (QED) is 0.680. The van der Waals surface area contributed by atoms with Crippen LogP contribution in [0, 0.1) is 6.92 Å². The fourth-order valence-corrected chi connectivity index (χ4v) is 2.55. The molecule has 0 fully saturated rings. The number of nitrogens with one attached hydrogen (secondary N) is 1. The van der Waals surface area contributed by atoms with Crippen LogP contribution in [0.5, 0.6) is 5.75 Å². The van der Waals surface area contributed by atoms with E-state index in [4.69, 9.17) is 4.74 Å². The van der Waals surface area contributed by atoms with Gasteiger partial charge in [0.05, 0.1) is 0 Å². The van der Waals surface area contributed by atoms with Crippen LogP contribution in [0.15, 0.2) is 78.9 Å². The predicted octanol–water partition coefficient (Wildman–Crippen LogP) is 4.24. The molecule has 4 heteroatoms. The number of anilines is 1. The maximum atomic E-state index is 12.5. The second-order valence-electron chi connectivity index (χ2n) is 5.88. The molecule has 0 aromatic heterocycles. The molecule has 0 aliphatic heterocycles. The minimum absolute atomic E-state index is 0.0853. The molecule has 3 aromatic rings. The zero-order valence-corrected chi connectivity index (χ0v) is 14.4. The lowest BCUT2D eigenvalue weighted by Crippen LogP contribution is -2.20. The number of carbonyl (C=O) groups excluding carboxylic acids is 2. The number of ketones is 1. The lowest BCUT2D eigenvalue weighted by atomic mass is 10.0. The van der Waals surface area contributed by atoms with Crippen molar-refractivity contribution in [2.24, 2.45) is 0 Å². The summed E-state index contributed by atoms with van der Waals surface area (Å²) in [4.78, 5) is 24.6. The first kappa shape index (κ1) is 17.4. The SMILES string of the molecule is Cc1ccccc1OCC(=O)Nc1cccc(C(=O)c2ccccc2)c1. The molecule has 130 valence electrons. The average molecular weight is 345 g/mol. The Morgan fingerprint density at radius 2 is 1.54 bits per heavy atom. The zero-order valence-electron chi connectivity index (χ0n) is 14.4. The molecule has 0 aliphatic rings. The maximum absolute atomic E-state index is 12.5. The van der Waals surface area contributed by atoms with E-state index in [-0.39, 0.29) is 18.3 Å². The topological polar surface area (TPSA) is 55.4 Å². The van der Waals surface area contributed by atoms with Crippen molar-refractivity contribution in [1.82, 2.24) is 0 Å². The third-order valence-corrected chi connectivity index (χ3v) is 3.90. The number of hydrogen-bond donors (Lipinski definition) is 1. The number of aryl methyl sites for hydroxylation is 1. The van der Waals surface area contributed by atoms with E-state index in [9.17, 15) is 9.59 Å². The maximum Gasteiger partial charge on any atom is 0.262 e. The van der Waals surface area contributed by atoms with Gasteiger partial charge in [-0.05, 0) is 30.7 Å². The number of para-hydroxylation sites is 1. The van der Waals surface area contributed by atoms with Crippen molar-refractivity contribution in [2.45, 2.75) is 6.92 Å². The van der Waals surface area contributed by atoms with Gasteiger partial charge in [0.25, 0.3) is 5.91 Å². The first-order chi connectivity index (χ1) is 12.6. The lowest BCUT2D eigenvalue weighted by Gasteiger charge is -2.10. The van der Waals surface area contributed by atoms with Crippen molar-refractivity contribution >= 4 is 17.4 Å². The molecule has 4 nitrogen and oxygen atoms in total. The van der Waals surface area contributed by atoms with Gasteiger partial charge in [-0.3, -0.25) is 9.59 Å². The molecular formula is C22H19NO3. The number of ether oxygens (including phenoxy) is 1. The van der Waals surface area contributed by atoms with E-state index in [1.807, 2.05) is 49.4 Å². The summed E-state index contributed by atoms with van der Waals surface area (Å²) in [5, 5.41) is 2.76. The van der Waals surface area contributed by atoms with Crippen LogP contribution in [0.2, 0.25) is 0 Å². The fraction of sp³-hybridized carbons (Fsp3) is 0.0909. The molecule has 0 aliphatic carbocycles. The number of carbonyl (C=O) groups is 2. The third kappa shape index (κ3) is 4.36. The number of rotatable bonds is 6. The van der Waals surface area contributed by atoms with Gasteiger partial charge in [-0.2, -0.15) is 0 Å². The minimum atomic E-state index is -0.280. The summed E-state index contributed by atoms with van der Waals surface area (Å²) in [7, 11) is 0. The van der Waals surface area contributed by atoms with Gasteiger partial charge in [-0.15, -0.1) is 0 Å². The Morgan fingerprint density at radius 1 is 0.846 bits per heavy atom. The normalized spacial score (nSPS) is 10.2. The fourth-order valence-electron chi connectivity index (χ4n) is 2.55. The highest BCUT2D eigenvalue weighted by molar-refractivity contribution is 6.09. The molecule has 0 radical (unpaired) electrons. The molecule has 1 N–H and O–H groups in total. The van der Waals surface area contributed by atoms with Gasteiger partial charge in [0, 0.05) is 16.8 Å². The average Bonchev–Trinajstić information content (AvgIpc) is 2.68. The summed E-state index contributed by atoms with van der Waals surface area (Å²) >= 11 is 0. The van der Waals surface area contributed by atoms with Crippen molar-refractivity contribution in [1.29, 1.82) is 0 Å². The molecule has 0 atom stereocenters. The van der Waals surface area contributed by atoms with E-state index >= 15 is 0 Å². The van der Waals surface area contributed by atoms with Crippen LogP contribution in [0.25, 0.3) is 0 Å². The Bertz CT molecular complexity index is 919. The minimum Gasteiger partial charge on any atom is -0.483 e. The van der Waals surface area contributed by atoms with Gasteiger partial charge < -0.3 is 10.1 Å². The van der Waals surface area contributed by atoms with E-state index in [1.165, 1.54) is 0 Å². The summed E-state index contributed by atoms with van der Waals surface area (Å²) < 4.78 is 5.54. The van der Waals surface area contributed by atoms with Crippen LogP contribution in [0.3, 0.4) is 0 Å². The van der Waals surface area contributed by atoms with Gasteiger partial charge in [0.1, 0.15) is 5.75 Å². The molecule has 26 heavy (non-hydrogen) atoms. The number of hydrogen-bond acceptors (Lipinski definition) is 3. The number of benzene rings is 3. The van der Waals surface area contributed by atoms with Crippen molar-refractivity contribution in [3.05, 3.63) is 95.6 Å². The largest absolute Gasteiger partial charge is 0.483 e. The number of amides is 1. The molecule has 0 saturated heterocycles. The first-order valence-electron chi connectivity index (χ1n) is 8.31. The molecule has 1 amide bonds. The van der Waals surface area contributed by atoms with E-state index < -0.39 is 0 Å². The molecule has 0 spiro atoms. The predicted molar refractivity (Wildman–Crippen MR) is 102 cm³/mol. The summed E-state index contributed by atoms with van der Waals surface area (Å²) in [6.07, 6.45) is 0. The van der Waals surface area contributed by atoms with Crippen LogP contribution < -0.4 is 10.1 Å². The molecule has 0 saturated carbocycles.